The van der Waals surface area contributed by atoms with E-state index in [1.807, 2.05) is 31.2 Å². The van der Waals surface area contributed by atoms with Gasteiger partial charge in [-0.05, 0) is 31.0 Å². The van der Waals surface area contributed by atoms with Crippen molar-refractivity contribution in [2.24, 2.45) is 0 Å². The second-order valence-corrected chi connectivity index (χ2v) is 6.92. The van der Waals surface area contributed by atoms with E-state index < -0.39 is 17.6 Å². The number of hydrogen-bond donors (Lipinski definition) is 2. The number of carbonyl (C=O) groups excluding carboxylic acids is 1. The molecule has 0 aliphatic rings. The van der Waals surface area contributed by atoms with Crippen molar-refractivity contribution in [2.75, 3.05) is 12.3 Å². The lowest BCUT2D eigenvalue weighted by Crippen LogP contribution is -2.25. The smallest absolute Gasteiger partial charge is 0.398 e. The first kappa shape index (κ1) is 18.2. The van der Waals surface area contributed by atoms with Crippen LogP contribution in [0.25, 0.3) is 10.2 Å². The molecule has 0 radical (unpaired) electrons. The van der Waals surface area contributed by atoms with Crippen molar-refractivity contribution in [2.45, 2.75) is 19.5 Å². The minimum absolute atomic E-state index is 0.0360. The summed E-state index contributed by atoms with van der Waals surface area (Å²) < 4.78 is 39.0. The van der Waals surface area contributed by atoms with E-state index in [0.717, 1.165) is 34.6 Å². The van der Waals surface area contributed by atoms with Crippen LogP contribution < -0.4 is 11.1 Å². The highest BCUT2D eigenvalue weighted by molar-refractivity contribution is 7.20. The number of anilines is 1. The number of thiazole rings is 1. The normalized spacial score (nSPS) is 11.7. The largest absolute Gasteiger partial charge is 0.416 e. The van der Waals surface area contributed by atoms with E-state index in [1.165, 1.54) is 0 Å². The lowest BCUT2D eigenvalue weighted by Gasteiger charge is -2.07. The number of hydrogen-bond acceptors (Lipinski definition) is 4. The average molecular weight is 379 g/mol. The summed E-state index contributed by atoms with van der Waals surface area (Å²) in [5, 5.41) is 2.83. The van der Waals surface area contributed by atoms with Gasteiger partial charge in [0.2, 0.25) is 0 Å². The third kappa shape index (κ3) is 3.96. The molecule has 2 aromatic carbocycles. The summed E-state index contributed by atoms with van der Waals surface area (Å²) in [4.78, 5) is 16.3. The number of amides is 1. The number of nitrogens with zero attached hydrogens (tertiary/aromatic N) is 1. The molecule has 4 nitrogen and oxygen atoms in total. The molecule has 0 unspecified atom stereocenters. The zero-order valence-electron chi connectivity index (χ0n) is 13.9. The molecule has 0 saturated carbocycles. The average Bonchev–Trinajstić information content (AvgIpc) is 2.99. The molecule has 0 aliphatic heterocycles. The standard InChI is InChI=1S/C18H16F3N3OS/c1-10-3-2-4-11(7-10)5-6-23-16(25)17-24-14-9-12(18(19,20)21)8-13(22)15(14)26-17/h2-4,7-9H,5-6,22H2,1H3,(H,23,25). The Morgan fingerprint density at radius 2 is 2.04 bits per heavy atom. The van der Waals surface area contributed by atoms with Gasteiger partial charge in [-0.2, -0.15) is 13.2 Å². The van der Waals surface area contributed by atoms with E-state index in [4.69, 9.17) is 5.73 Å². The Kier molecular flexibility index (Phi) is 4.86. The first-order valence-corrected chi connectivity index (χ1v) is 8.66. The number of carbonyl (C=O) groups is 1. The van der Waals surface area contributed by atoms with Gasteiger partial charge in [-0.3, -0.25) is 4.79 Å². The third-order valence-corrected chi connectivity index (χ3v) is 4.94. The van der Waals surface area contributed by atoms with Crippen molar-refractivity contribution < 1.29 is 18.0 Å². The highest BCUT2D eigenvalue weighted by Gasteiger charge is 2.32. The van der Waals surface area contributed by atoms with Crippen molar-refractivity contribution in [3.63, 3.8) is 0 Å². The summed E-state index contributed by atoms with van der Waals surface area (Å²) in [6.07, 6.45) is -3.86. The van der Waals surface area contributed by atoms with Gasteiger partial charge in [-0.25, -0.2) is 4.98 Å². The van der Waals surface area contributed by atoms with E-state index in [0.29, 0.717) is 17.7 Å². The van der Waals surface area contributed by atoms with E-state index in [-0.39, 0.29) is 16.2 Å². The van der Waals surface area contributed by atoms with Crippen LogP contribution in [-0.4, -0.2) is 17.4 Å². The van der Waals surface area contributed by atoms with Crippen LogP contribution in [0.2, 0.25) is 0 Å². The summed E-state index contributed by atoms with van der Waals surface area (Å²) in [6.45, 7) is 2.39. The van der Waals surface area contributed by atoms with E-state index in [9.17, 15) is 18.0 Å². The second kappa shape index (κ2) is 6.95. The molecule has 1 amide bonds. The van der Waals surface area contributed by atoms with Crippen molar-refractivity contribution in [3.05, 3.63) is 58.1 Å². The van der Waals surface area contributed by atoms with Gasteiger partial charge < -0.3 is 11.1 Å². The summed E-state index contributed by atoms with van der Waals surface area (Å²) in [7, 11) is 0. The molecule has 0 bridgehead atoms. The maximum Gasteiger partial charge on any atom is 0.416 e. The Bertz CT molecular complexity index is 966. The molecular formula is C18H16F3N3OS. The number of fused-ring (bicyclic) bond motifs is 1. The van der Waals surface area contributed by atoms with Gasteiger partial charge in [-0.15, -0.1) is 11.3 Å². The third-order valence-electron chi connectivity index (χ3n) is 3.82. The van der Waals surface area contributed by atoms with Crippen LogP contribution in [0.5, 0.6) is 0 Å². The monoisotopic (exact) mass is 379 g/mol. The molecule has 1 aromatic heterocycles. The molecule has 3 aromatic rings. The minimum atomic E-state index is -4.51. The lowest BCUT2D eigenvalue weighted by atomic mass is 10.1. The van der Waals surface area contributed by atoms with Gasteiger partial charge >= 0.3 is 6.18 Å². The van der Waals surface area contributed by atoms with Gasteiger partial charge in [-0.1, -0.05) is 29.8 Å². The summed E-state index contributed by atoms with van der Waals surface area (Å²) >= 11 is 0.985. The van der Waals surface area contributed by atoms with Crippen LogP contribution in [0, 0.1) is 6.92 Å². The molecule has 136 valence electrons. The number of nitrogens with one attached hydrogen (secondary N) is 1. The van der Waals surface area contributed by atoms with Crippen molar-refractivity contribution in [1.29, 1.82) is 0 Å². The predicted molar refractivity (Wildman–Crippen MR) is 96.3 cm³/mol. The van der Waals surface area contributed by atoms with Gasteiger partial charge in [0.25, 0.3) is 5.91 Å². The fourth-order valence-corrected chi connectivity index (χ4v) is 3.47. The fourth-order valence-electron chi connectivity index (χ4n) is 2.58. The van der Waals surface area contributed by atoms with Crippen molar-refractivity contribution in [3.8, 4) is 0 Å². The molecule has 3 N–H and O–H groups in total. The Labute approximate surface area is 151 Å². The highest BCUT2D eigenvalue weighted by atomic mass is 32.1. The summed E-state index contributed by atoms with van der Waals surface area (Å²) in [6, 6.07) is 9.70. The number of nitrogen functional groups attached to an aromatic ring is 1. The molecule has 0 fully saturated rings. The van der Waals surface area contributed by atoms with Gasteiger partial charge in [0.15, 0.2) is 5.01 Å². The maximum absolute atomic E-state index is 12.9. The van der Waals surface area contributed by atoms with Crippen LogP contribution in [0.15, 0.2) is 36.4 Å². The van der Waals surface area contributed by atoms with Gasteiger partial charge in [0.1, 0.15) is 0 Å². The zero-order chi connectivity index (χ0) is 18.9. The van der Waals surface area contributed by atoms with E-state index >= 15 is 0 Å². The first-order valence-electron chi connectivity index (χ1n) is 7.85. The second-order valence-electron chi connectivity index (χ2n) is 5.93. The van der Waals surface area contributed by atoms with Crippen LogP contribution in [0.1, 0.15) is 26.5 Å². The Morgan fingerprint density at radius 1 is 1.27 bits per heavy atom. The Balaban J connectivity index is 1.73. The number of alkyl halides is 3. The first-order chi connectivity index (χ1) is 12.2. The molecule has 8 heteroatoms. The van der Waals surface area contributed by atoms with Crippen LogP contribution in [0.4, 0.5) is 18.9 Å². The number of nitrogens with two attached hydrogens (primary N) is 1. The Hall–Kier alpha value is -2.61. The molecule has 0 atom stereocenters. The maximum atomic E-state index is 12.9. The molecule has 0 spiro atoms. The van der Waals surface area contributed by atoms with Gasteiger partial charge in [0, 0.05) is 6.54 Å². The molecule has 3 rings (SSSR count). The fraction of sp³-hybridized carbons (Fsp3) is 0.222. The SMILES string of the molecule is Cc1cccc(CCNC(=O)c2nc3cc(C(F)(F)F)cc(N)c3s2)c1. The van der Waals surface area contributed by atoms with Crippen molar-refractivity contribution >= 4 is 33.1 Å². The topological polar surface area (TPSA) is 68.0 Å². The zero-order valence-corrected chi connectivity index (χ0v) is 14.7. The number of aromatic nitrogens is 1. The lowest BCUT2D eigenvalue weighted by molar-refractivity contribution is -0.137. The molecule has 0 aliphatic carbocycles. The number of halogens is 3. The van der Waals surface area contributed by atoms with Crippen LogP contribution in [-0.2, 0) is 12.6 Å². The summed E-state index contributed by atoms with van der Waals surface area (Å²) in [5.41, 5.74) is 7.09. The highest BCUT2D eigenvalue weighted by Crippen LogP contribution is 2.36. The number of rotatable bonds is 4. The predicted octanol–water partition coefficient (Wildman–Crippen LogP) is 4.18. The van der Waals surface area contributed by atoms with Gasteiger partial charge in [0.05, 0.1) is 21.5 Å². The van der Waals surface area contributed by atoms with Crippen LogP contribution >= 0.6 is 11.3 Å². The number of aryl methyl sites for hydroxylation is 1. The van der Waals surface area contributed by atoms with Crippen molar-refractivity contribution in [1.82, 2.24) is 10.3 Å². The van der Waals surface area contributed by atoms with E-state index in [1.54, 1.807) is 0 Å². The summed E-state index contributed by atoms with van der Waals surface area (Å²) in [5.74, 6) is -0.424. The minimum Gasteiger partial charge on any atom is -0.398 e. The van der Waals surface area contributed by atoms with E-state index in [2.05, 4.69) is 10.3 Å². The van der Waals surface area contributed by atoms with Crippen LogP contribution in [0.3, 0.4) is 0 Å². The Morgan fingerprint density at radius 3 is 2.73 bits per heavy atom. The molecule has 26 heavy (non-hydrogen) atoms. The molecule has 0 saturated heterocycles. The number of benzene rings is 2. The molecular weight excluding hydrogens is 363 g/mol. The molecule has 1 heterocycles. The quantitative estimate of drug-likeness (QED) is 0.669.